The first kappa shape index (κ1) is 55.5. The summed E-state index contributed by atoms with van der Waals surface area (Å²) in [6, 6.07) is -0.891. The molecule has 10 heteroatoms. The SMILES string of the molecule is CCCCCCCCCCCCCCCCCCCCCC(O)C(COP(=O)(O)OCCN)NC(=O)CC(O)CCCCCCCCCCCCCCCCC. The highest BCUT2D eigenvalue weighted by atomic mass is 31.2. The quantitative estimate of drug-likeness (QED) is 0.0301. The predicted molar refractivity (Wildman–Crippen MR) is 237 cm³/mol. The lowest BCUT2D eigenvalue weighted by Gasteiger charge is -2.25. The molecule has 0 aromatic heterocycles. The van der Waals surface area contributed by atoms with E-state index < -0.39 is 32.0 Å². The summed E-state index contributed by atoms with van der Waals surface area (Å²) in [5.41, 5.74) is 5.38. The van der Waals surface area contributed by atoms with Gasteiger partial charge in [0.2, 0.25) is 5.91 Å². The molecule has 0 rings (SSSR count). The summed E-state index contributed by atoms with van der Waals surface area (Å²) in [4.78, 5) is 22.8. The number of carbonyl (C=O) groups excluding carboxylic acids is 1. The molecular formula is C46H95N2O7P. The number of unbranched alkanes of at least 4 members (excludes halogenated alkanes) is 32. The molecule has 0 aromatic rings. The number of aliphatic hydroxyl groups is 2. The van der Waals surface area contributed by atoms with Gasteiger partial charge in [-0.15, -0.1) is 0 Å². The molecule has 0 bridgehead atoms. The van der Waals surface area contributed by atoms with Crippen LogP contribution in [0, 0.1) is 0 Å². The third kappa shape index (κ3) is 40.2. The molecule has 6 N–H and O–H groups in total. The standard InChI is InChI=1S/C46H95N2O7P/c1-3-5-7-9-11-13-15-17-19-20-21-22-24-26-28-30-32-34-36-38-45(50)44(42-55-56(52,53)54-40-39-47)48-46(51)41-43(49)37-35-33-31-29-27-25-23-18-16-14-12-10-8-6-4-2/h43-45,49-50H,3-42,47H2,1-2H3,(H,48,51)(H,52,53). The maximum absolute atomic E-state index is 12.9. The molecule has 0 saturated carbocycles. The molecule has 0 aliphatic rings. The number of nitrogens with one attached hydrogen (secondary N) is 1. The largest absolute Gasteiger partial charge is 0.472 e. The van der Waals surface area contributed by atoms with Crippen LogP contribution in [-0.4, -0.2) is 59.0 Å². The summed E-state index contributed by atoms with van der Waals surface area (Å²) in [6.45, 7) is 4.09. The van der Waals surface area contributed by atoms with Crippen LogP contribution in [0.25, 0.3) is 0 Å². The van der Waals surface area contributed by atoms with E-state index in [0.29, 0.717) is 12.8 Å². The molecule has 0 radical (unpaired) electrons. The van der Waals surface area contributed by atoms with Gasteiger partial charge in [0, 0.05) is 6.54 Å². The average Bonchev–Trinajstić information content (AvgIpc) is 3.17. The molecule has 0 aliphatic carbocycles. The summed E-state index contributed by atoms with van der Waals surface area (Å²) in [5.74, 6) is -0.407. The minimum Gasteiger partial charge on any atom is -0.393 e. The van der Waals surface area contributed by atoms with Gasteiger partial charge in [0.25, 0.3) is 0 Å². The maximum Gasteiger partial charge on any atom is 0.472 e. The summed E-state index contributed by atoms with van der Waals surface area (Å²) >= 11 is 0. The Bertz CT molecular complexity index is 867. The normalized spacial score (nSPS) is 14.5. The van der Waals surface area contributed by atoms with E-state index in [9.17, 15) is 24.5 Å². The van der Waals surface area contributed by atoms with Crippen LogP contribution in [-0.2, 0) is 18.4 Å². The number of aliphatic hydroxyl groups excluding tert-OH is 2. The lowest BCUT2D eigenvalue weighted by atomic mass is 10.0. The van der Waals surface area contributed by atoms with Crippen molar-refractivity contribution >= 4 is 13.7 Å². The van der Waals surface area contributed by atoms with E-state index in [2.05, 4.69) is 19.2 Å². The van der Waals surface area contributed by atoms with Crippen molar-refractivity contribution < 1.29 is 33.5 Å². The van der Waals surface area contributed by atoms with E-state index in [1.807, 2.05) is 0 Å². The van der Waals surface area contributed by atoms with E-state index in [1.54, 1.807) is 0 Å². The first-order valence-corrected chi connectivity index (χ1v) is 25.7. The van der Waals surface area contributed by atoms with Crippen LogP contribution in [0.5, 0.6) is 0 Å². The van der Waals surface area contributed by atoms with Crippen LogP contribution in [0.1, 0.15) is 251 Å². The lowest BCUT2D eigenvalue weighted by molar-refractivity contribution is -0.125. The Kier molecular flexibility index (Phi) is 42.2. The number of carbonyl (C=O) groups is 1. The van der Waals surface area contributed by atoms with Crippen LogP contribution in [0.2, 0.25) is 0 Å². The average molecular weight is 819 g/mol. The van der Waals surface area contributed by atoms with Crippen LogP contribution >= 0.6 is 7.82 Å². The fraction of sp³-hybridized carbons (Fsp3) is 0.978. The van der Waals surface area contributed by atoms with Crippen molar-refractivity contribution in [2.24, 2.45) is 5.73 Å². The van der Waals surface area contributed by atoms with Crippen molar-refractivity contribution in [3.63, 3.8) is 0 Å². The lowest BCUT2D eigenvalue weighted by Crippen LogP contribution is -2.47. The highest BCUT2D eigenvalue weighted by Crippen LogP contribution is 2.43. The predicted octanol–water partition coefficient (Wildman–Crippen LogP) is 12.8. The second-order valence-corrected chi connectivity index (χ2v) is 18.3. The monoisotopic (exact) mass is 819 g/mol. The summed E-state index contributed by atoms with van der Waals surface area (Å²) in [6.07, 6.45) is 42.9. The smallest absolute Gasteiger partial charge is 0.393 e. The zero-order valence-electron chi connectivity index (χ0n) is 37.0. The Morgan fingerprint density at radius 2 is 0.857 bits per heavy atom. The summed E-state index contributed by atoms with van der Waals surface area (Å²) in [5, 5.41) is 24.3. The minimum absolute atomic E-state index is 0.0628. The maximum atomic E-state index is 12.9. The van der Waals surface area contributed by atoms with Gasteiger partial charge in [0.05, 0.1) is 37.9 Å². The fourth-order valence-electron chi connectivity index (χ4n) is 7.59. The summed E-state index contributed by atoms with van der Waals surface area (Å²) < 4.78 is 22.2. The van der Waals surface area contributed by atoms with E-state index >= 15 is 0 Å². The molecule has 0 saturated heterocycles. The molecule has 0 fully saturated rings. The Morgan fingerprint density at radius 1 is 0.536 bits per heavy atom. The molecule has 0 spiro atoms. The third-order valence-corrected chi connectivity index (χ3v) is 12.2. The van der Waals surface area contributed by atoms with Crippen LogP contribution in [0.3, 0.4) is 0 Å². The molecule has 336 valence electrons. The minimum atomic E-state index is -4.37. The van der Waals surface area contributed by atoms with Crippen LogP contribution in [0.4, 0.5) is 0 Å². The van der Waals surface area contributed by atoms with Crippen molar-refractivity contribution in [3.8, 4) is 0 Å². The second kappa shape index (κ2) is 42.6. The van der Waals surface area contributed by atoms with Crippen molar-refractivity contribution in [2.45, 2.75) is 270 Å². The molecule has 56 heavy (non-hydrogen) atoms. The fourth-order valence-corrected chi connectivity index (χ4v) is 8.35. The summed E-state index contributed by atoms with van der Waals surface area (Å²) in [7, 11) is -4.37. The van der Waals surface area contributed by atoms with Crippen LogP contribution in [0.15, 0.2) is 0 Å². The van der Waals surface area contributed by atoms with Gasteiger partial charge in [-0.25, -0.2) is 4.57 Å². The molecular weight excluding hydrogens is 723 g/mol. The highest BCUT2D eigenvalue weighted by molar-refractivity contribution is 7.47. The van der Waals surface area contributed by atoms with Crippen LogP contribution < -0.4 is 11.1 Å². The van der Waals surface area contributed by atoms with Gasteiger partial charge < -0.3 is 26.2 Å². The molecule has 0 heterocycles. The topological polar surface area (TPSA) is 151 Å². The molecule has 0 aromatic carbocycles. The van der Waals surface area contributed by atoms with Crippen molar-refractivity contribution in [3.05, 3.63) is 0 Å². The Morgan fingerprint density at radius 3 is 1.20 bits per heavy atom. The molecule has 1 amide bonds. The van der Waals surface area contributed by atoms with Gasteiger partial charge in [-0.1, -0.05) is 232 Å². The number of rotatable bonds is 46. The first-order chi connectivity index (χ1) is 27.3. The van der Waals surface area contributed by atoms with Gasteiger partial charge in [-0.05, 0) is 12.8 Å². The molecule has 0 aliphatic heterocycles. The van der Waals surface area contributed by atoms with Gasteiger partial charge in [-0.3, -0.25) is 13.8 Å². The van der Waals surface area contributed by atoms with Gasteiger partial charge >= 0.3 is 7.82 Å². The van der Waals surface area contributed by atoms with Gasteiger partial charge in [-0.2, -0.15) is 0 Å². The van der Waals surface area contributed by atoms with E-state index in [0.717, 1.165) is 38.5 Å². The second-order valence-electron chi connectivity index (χ2n) is 16.9. The van der Waals surface area contributed by atoms with Gasteiger partial charge in [0.1, 0.15) is 0 Å². The van der Waals surface area contributed by atoms with E-state index in [-0.39, 0.29) is 26.2 Å². The molecule has 4 atom stereocenters. The highest BCUT2D eigenvalue weighted by Gasteiger charge is 2.28. The number of amides is 1. The van der Waals surface area contributed by atoms with Gasteiger partial charge in [0.15, 0.2) is 0 Å². The number of hydrogen-bond donors (Lipinski definition) is 5. The first-order valence-electron chi connectivity index (χ1n) is 24.2. The number of phosphoric acid groups is 1. The Labute approximate surface area is 346 Å². The Hall–Kier alpha value is -0.540. The number of phosphoric ester groups is 1. The molecule has 4 unspecified atom stereocenters. The Balaban J connectivity index is 4.16. The zero-order valence-corrected chi connectivity index (χ0v) is 37.9. The third-order valence-electron chi connectivity index (χ3n) is 11.3. The number of nitrogens with two attached hydrogens (primary N) is 1. The number of hydrogen-bond acceptors (Lipinski definition) is 7. The van der Waals surface area contributed by atoms with Crippen molar-refractivity contribution in [2.75, 3.05) is 19.8 Å². The van der Waals surface area contributed by atoms with E-state index in [1.165, 1.54) is 180 Å². The van der Waals surface area contributed by atoms with E-state index in [4.69, 9.17) is 14.8 Å². The van der Waals surface area contributed by atoms with Crippen molar-refractivity contribution in [1.29, 1.82) is 0 Å². The molecule has 9 nitrogen and oxygen atoms in total. The zero-order chi connectivity index (χ0) is 41.2. The van der Waals surface area contributed by atoms with Crippen molar-refractivity contribution in [1.82, 2.24) is 5.32 Å².